The quantitative estimate of drug-likeness (QED) is 0.260. The Balaban J connectivity index is 1.28. The van der Waals surface area contributed by atoms with E-state index in [1.54, 1.807) is 17.9 Å². The van der Waals surface area contributed by atoms with Gasteiger partial charge in [-0.1, -0.05) is 58.2 Å². The Kier molecular flexibility index (Phi) is 5.75. The van der Waals surface area contributed by atoms with Crippen molar-refractivity contribution in [3.8, 4) is 11.8 Å². The van der Waals surface area contributed by atoms with Gasteiger partial charge in [0.05, 0.1) is 23.9 Å². The van der Waals surface area contributed by atoms with Crippen molar-refractivity contribution in [1.29, 1.82) is 0 Å². The van der Waals surface area contributed by atoms with Gasteiger partial charge in [-0.15, -0.1) is 0 Å². The molecule has 2 aromatic heterocycles. The summed E-state index contributed by atoms with van der Waals surface area (Å²) in [5, 5.41) is 28.5. The Morgan fingerprint density at radius 1 is 1.15 bits per heavy atom. The SMILES string of the molecule is CNC(=O)C12C[C@@H](n3cnc4c(N[C@@H]5CC5c5ccccc5)nc(C#Cc5cccc(Br)c5)nc43)[C@](O)(C1)[C@@H]2O. The molecule has 202 valence electrons. The predicted molar refractivity (Wildman–Crippen MR) is 152 cm³/mol. The number of hydrogen-bond donors (Lipinski definition) is 4. The number of anilines is 1. The minimum atomic E-state index is -1.45. The summed E-state index contributed by atoms with van der Waals surface area (Å²) >= 11 is 3.48. The van der Waals surface area contributed by atoms with Crippen molar-refractivity contribution in [3.05, 3.63) is 82.3 Å². The summed E-state index contributed by atoms with van der Waals surface area (Å²) in [5.74, 6) is 7.21. The third-order valence-electron chi connectivity index (χ3n) is 8.65. The van der Waals surface area contributed by atoms with Crippen molar-refractivity contribution in [1.82, 2.24) is 24.8 Å². The van der Waals surface area contributed by atoms with Crippen molar-refractivity contribution < 1.29 is 15.0 Å². The van der Waals surface area contributed by atoms with E-state index < -0.39 is 23.2 Å². The Bertz CT molecular complexity index is 1710. The van der Waals surface area contributed by atoms with E-state index >= 15 is 0 Å². The van der Waals surface area contributed by atoms with E-state index in [1.165, 1.54) is 5.56 Å². The normalized spacial score (nSPS) is 29.8. The number of nitrogens with zero attached hydrogens (tertiary/aromatic N) is 4. The first-order valence-electron chi connectivity index (χ1n) is 13.3. The van der Waals surface area contributed by atoms with E-state index in [-0.39, 0.29) is 24.8 Å². The van der Waals surface area contributed by atoms with Crippen molar-refractivity contribution in [2.24, 2.45) is 5.41 Å². The maximum atomic E-state index is 12.7. The van der Waals surface area contributed by atoms with Crippen LogP contribution in [0.4, 0.5) is 5.82 Å². The molecule has 4 fully saturated rings. The lowest BCUT2D eigenvalue weighted by Crippen LogP contribution is -2.64. The monoisotopic (exact) mass is 598 g/mol. The smallest absolute Gasteiger partial charge is 0.228 e. The zero-order valence-electron chi connectivity index (χ0n) is 21.7. The number of hydrogen-bond acceptors (Lipinski definition) is 7. The van der Waals surface area contributed by atoms with Crippen LogP contribution in [-0.2, 0) is 4.79 Å². The molecule has 2 bridgehead atoms. The van der Waals surface area contributed by atoms with E-state index in [9.17, 15) is 15.0 Å². The van der Waals surface area contributed by atoms with Gasteiger partial charge in [0.15, 0.2) is 17.0 Å². The number of amides is 1. The van der Waals surface area contributed by atoms with Gasteiger partial charge < -0.3 is 25.4 Å². The van der Waals surface area contributed by atoms with E-state index in [1.807, 2.05) is 42.5 Å². The first kappa shape index (κ1) is 25.2. The molecule has 10 heteroatoms. The number of fused-ring (bicyclic) bond motifs is 2. The average molecular weight is 599 g/mol. The molecular weight excluding hydrogens is 572 g/mol. The highest BCUT2D eigenvalue weighted by atomic mass is 79.9. The largest absolute Gasteiger partial charge is 0.389 e. The summed E-state index contributed by atoms with van der Waals surface area (Å²) in [7, 11) is 1.54. The van der Waals surface area contributed by atoms with Gasteiger partial charge in [0.2, 0.25) is 11.7 Å². The van der Waals surface area contributed by atoms with Crippen LogP contribution >= 0.6 is 15.9 Å². The second-order valence-electron chi connectivity index (χ2n) is 11.0. The van der Waals surface area contributed by atoms with Gasteiger partial charge in [-0.05, 0) is 48.9 Å². The van der Waals surface area contributed by atoms with Crippen LogP contribution in [0.25, 0.3) is 11.2 Å². The number of benzene rings is 2. The van der Waals surface area contributed by atoms with Crippen LogP contribution in [0.3, 0.4) is 0 Å². The molecule has 0 spiro atoms. The topological polar surface area (TPSA) is 125 Å². The molecule has 4 aliphatic carbocycles. The summed E-state index contributed by atoms with van der Waals surface area (Å²) in [5.41, 5.74) is 0.663. The third-order valence-corrected chi connectivity index (χ3v) is 9.14. The van der Waals surface area contributed by atoms with Gasteiger partial charge in [0.1, 0.15) is 5.60 Å². The molecule has 4 aromatic rings. The van der Waals surface area contributed by atoms with Gasteiger partial charge in [-0.25, -0.2) is 15.0 Å². The maximum Gasteiger partial charge on any atom is 0.228 e. The Morgan fingerprint density at radius 3 is 2.73 bits per heavy atom. The van der Waals surface area contributed by atoms with Gasteiger partial charge in [-0.3, -0.25) is 4.79 Å². The minimum Gasteiger partial charge on any atom is -0.389 e. The lowest BCUT2D eigenvalue weighted by molar-refractivity contribution is -0.199. The molecule has 8 rings (SSSR count). The molecule has 4 N–H and O–H groups in total. The lowest BCUT2D eigenvalue weighted by Gasteiger charge is -2.48. The van der Waals surface area contributed by atoms with Gasteiger partial charge >= 0.3 is 0 Å². The predicted octanol–water partition coefficient (Wildman–Crippen LogP) is 3.13. The second-order valence-corrected chi connectivity index (χ2v) is 11.9. The number of carbonyl (C=O) groups is 1. The molecule has 2 aromatic carbocycles. The molecule has 0 saturated heterocycles. The molecule has 4 saturated carbocycles. The lowest BCUT2D eigenvalue weighted by atomic mass is 9.63. The molecule has 1 amide bonds. The third kappa shape index (κ3) is 3.84. The second kappa shape index (κ2) is 9.13. The van der Waals surface area contributed by atoms with Crippen LogP contribution in [-0.4, -0.2) is 60.4 Å². The molecule has 2 heterocycles. The van der Waals surface area contributed by atoms with E-state index in [4.69, 9.17) is 9.97 Å². The fourth-order valence-electron chi connectivity index (χ4n) is 6.53. The Hall–Kier alpha value is -3.78. The Labute approximate surface area is 239 Å². The summed E-state index contributed by atoms with van der Waals surface area (Å²) in [6.07, 6.45) is 1.87. The molecular formula is C30H27BrN6O3. The Morgan fingerprint density at radius 2 is 1.98 bits per heavy atom. The average Bonchev–Trinajstić information content (AvgIpc) is 3.38. The van der Waals surface area contributed by atoms with Crippen LogP contribution in [0.1, 0.15) is 48.2 Å². The number of rotatable bonds is 5. The van der Waals surface area contributed by atoms with Gasteiger partial charge in [0, 0.05) is 29.0 Å². The summed E-state index contributed by atoms with van der Waals surface area (Å²) in [6.45, 7) is 0. The number of nitrogens with one attached hydrogen (secondary N) is 2. The zero-order chi connectivity index (χ0) is 27.6. The van der Waals surface area contributed by atoms with Crippen molar-refractivity contribution in [2.75, 3.05) is 12.4 Å². The maximum absolute atomic E-state index is 12.7. The minimum absolute atomic E-state index is 0.178. The summed E-state index contributed by atoms with van der Waals surface area (Å²) in [6, 6.07) is 17.7. The van der Waals surface area contributed by atoms with Crippen LogP contribution < -0.4 is 10.6 Å². The fourth-order valence-corrected chi connectivity index (χ4v) is 6.93. The number of aromatic nitrogens is 4. The first-order valence-corrected chi connectivity index (χ1v) is 14.1. The highest BCUT2D eigenvalue weighted by Gasteiger charge is 2.76. The van der Waals surface area contributed by atoms with Gasteiger partial charge in [-0.2, -0.15) is 0 Å². The van der Waals surface area contributed by atoms with E-state index in [2.05, 4.69) is 55.5 Å². The van der Waals surface area contributed by atoms with Crippen LogP contribution in [0.5, 0.6) is 0 Å². The molecule has 9 nitrogen and oxygen atoms in total. The van der Waals surface area contributed by atoms with Crippen molar-refractivity contribution in [3.63, 3.8) is 0 Å². The summed E-state index contributed by atoms with van der Waals surface area (Å²) in [4.78, 5) is 26.8. The molecule has 2 unspecified atom stereocenters. The van der Waals surface area contributed by atoms with Gasteiger partial charge in [0.25, 0.3) is 0 Å². The fraction of sp³-hybridized carbons (Fsp3) is 0.333. The molecule has 0 radical (unpaired) electrons. The zero-order valence-corrected chi connectivity index (χ0v) is 23.3. The van der Waals surface area contributed by atoms with E-state index in [0.29, 0.717) is 28.7 Å². The first-order chi connectivity index (χ1) is 19.3. The number of imidazole rings is 1. The van der Waals surface area contributed by atoms with Crippen LogP contribution in [0.15, 0.2) is 65.4 Å². The molecule has 6 atom stereocenters. The van der Waals surface area contributed by atoms with Crippen LogP contribution in [0.2, 0.25) is 0 Å². The summed E-state index contributed by atoms with van der Waals surface area (Å²) < 4.78 is 2.70. The highest BCUT2D eigenvalue weighted by Crippen LogP contribution is 2.66. The number of aliphatic hydroxyl groups excluding tert-OH is 1. The van der Waals surface area contributed by atoms with Crippen LogP contribution in [0, 0.1) is 17.3 Å². The standard InChI is InChI=1S/C30H27BrN6O3/c1-32-28(39)29-14-22(30(40,15-29)27(29)38)37-16-33-24-25(34-21-13-20(21)18-7-3-2-4-8-18)35-23(36-26(24)37)11-10-17-6-5-9-19(31)12-17/h2-9,12,16,20-22,27,38,40H,13-15H2,1H3,(H,32,39)(H,34,35,36)/t20?,21-,22-,27-,29?,30-/m1/s1. The molecule has 40 heavy (non-hydrogen) atoms. The highest BCUT2D eigenvalue weighted by molar-refractivity contribution is 9.10. The van der Waals surface area contributed by atoms with E-state index in [0.717, 1.165) is 16.5 Å². The number of carbonyl (C=O) groups excluding carboxylic acids is 1. The van der Waals surface area contributed by atoms with Crippen molar-refractivity contribution in [2.45, 2.75) is 49.0 Å². The molecule has 0 aliphatic heterocycles. The number of halogens is 1. The van der Waals surface area contributed by atoms with Crippen molar-refractivity contribution >= 4 is 38.8 Å². The molecule has 4 aliphatic rings. The number of aliphatic hydroxyl groups is 2.